The van der Waals surface area contributed by atoms with Gasteiger partial charge in [-0.05, 0) is 31.4 Å². The fraction of sp³-hybridized carbons (Fsp3) is 0.500. The number of para-hydroxylation sites is 1. The highest BCUT2D eigenvalue weighted by Crippen LogP contribution is 2.23. The largest absolute Gasteiger partial charge is 0.475 e. The molecule has 0 saturated carbocycles. The predicted molar refractivity (Wildman–Crippen MR) is 59.4 cm³/mol. The van der Waals surface area contributed by atoms with E-state index in [1.54, 1.807) is 0 Å². The first-order valence-electron chi connectivity index (χ1n) is 5.13. The minimum Gasteiger partial charge on any atom is -0.475 e. The van der Waals surface area contributed by atoms with Crippen molar-refractivity contribution < 1.29 is 4.74 Å². The number of hydrogen-bond acceptors (Lipinski definition) is 2. The van der Waals surface area contributed by atoms with Crippen LogP contribution in [0.25, 0.3) is 0 Å². The van der Waals surface area contributed by atoms with E-state index in [9.17, 15) is 0 Å². The van der Waals surface area contributed by atoms with Crippen LogP contribution in [0.4, 0.5) is 0 Å². The van der Waals surface area contributed by atoms with Gasteiger partial charge in [0.15, 0.2) is 0 Å². The normalized spacial score (nSPS) is 12.6. The highest BCUT2D eigenvalue weighted by Gasteiger charge is 2.07. The molecule has 2 nitrogen and oxygen atoms in total. The molecule has 78 valence electrons. The zero-order valence-electron chi connectivity index (χ0n) is 9.21. The number of rotatable bonds is 4. The summed E-state index contributed by atoms with van der Waals surface area (Å²) in [6.45, 7) is 6.19. The molecule has 1 unspecified atom stereocenters. The van der Waals surface area contributed by atoms with Crippen molar-refractivity contribution in [3.05, 3.63) is 29.3 Å². The number of hydrogen-bond donors (Lipinski definition) is 1. The summed E-state index contributed by atoms with van der Waals surface area (Å²) in [5.41, 5.74) is 8.13. The third kappa shape index (κ3) is 2.74. The first kappa shape index (κ1) is 11.1. The van der Waals surface area contributed by atoms with E-state index in [0.717, 1.165) is 29.7 Å². The highest BCUT2D eigenvalue weighted by atomic mass is 16.5. The molecule has 1 aromatic carbocycles. The van der Waals surface area contributed by atoms with Gasteiger partial charge >= 0.3 is 0 Å². The molecule has 0 radical (unpaired) electrons. The zero-order chi connectivity index (χ0) is 10.6. The Labute approximate surface area is 86.1 Å². The summed E-state index contributed by atoms with van der Waals surface area (Å²) in [6.07, 6.45) is 1.76. The molecule has 0 heterocycles. The van der Waals surface area contributed by atoms with Gasteiger partial charge in [-0.1, -0.05) is 31.5 Å². The molecule has 2 N–H and O–H groups in total. The van der Waals surface area contributed by atoms with Crippen LogP contribution in [0, 0.1) is 13.8 Å². The van der Waals surface area contributed by atoms with Gasteiger partial charge in [0.2, 0.25) is 0 Å². The first-order chi connectivity index (χ1) is 6.65. The molecule has 0 spiro atoms. The minimum absolute atomic E-state index is 0.181. The van der Waals surface area contributed by atoms with E-state index in [1.807, 2.05) is 32.0 Å². The van der Waals surface area contributed by atoms with Crippen LogP contribution in [0.3, 0.4) is 0 Å². The Kier molecular flexibility index (Phi) is 3.96. The van der Waals surface area contributed by atoms with Crippen LogP contribution in [0.1, 0.15) is 30.9 Å². The van der Waals surface area contributed by atoms with Crippen LogP contribution >= 0.6 is 0 Å². The Morgan fingerprint density at radius 1 is 1.29 bits per heavy atom. The topological polar surface area (TPSA) is 35.2 Å². The van der Waals surface area contributed by atoms with E-state index in [0.29, 0.717) is 0 Å². The monoisotopic (exact) mass is 193 g/mol. The standard InChI is InChI=1S/C12H19NO/c1-4-6-11(13)14-12-9(2)7-5-8-10(12)3/h5,7-8,11H,4,6,13H2,1-3H3. The summed E-state index contributed by atoms with van der Waals surface area (Å²) < 4.78 is 5.69. The van der Waals surface area contributed by atoms with Crippen molar-refractivity contribution in [1.82, 2.24) is 0 Å². The number of benzene rings is 1. The maximum absolute atomic E-state index is 5.83. The molecule has 0 aliphatic heterocycles. The van der Waals surface area contributed by atoms with E-state index in [4.69, 9.17) is 10.5 Å². The molecule has 0 aliphatic rings. The second-order valence-electron chi connectivity index (χ2n) is 3.67. The highest BCUT2D eigenvalue weighted by molar-refractivity contribution is 5.39. The van der Waals surface area contributed by atoms with Crippen molar-refractivity contribution in [3.8, 4) is 5.75 Å². The Bertz CT molecular complexity index is 276. The van der Waals surface area contributed by atoms with Gasteiger partial charge < -0.3 is 4.74 Å². The van der Waals surface area contributed by atoms with Gasteiger partial charge in [0.05, 0.1) is 0 Å². The van der Waals surface area contributed by atoms with E-state index in [-0.39, 0.29) is 6.23 Å². The lowest BCUT2D eigenvalue weighted by Gasteiger charge is -2.17. The van der Waals surface area contributed by atoms with Gasteiger partial charge in [-0.3, -0.25) is 5.73 Å². The predicted octanol–water partition coefficient (Wildman–Crippen LogP) is 2.77. The van der Waals surface area contributed by atoms with Crippen LogP contribution in [0.2, 0.25) is 0 Å². The number of ether oxygens (including phenoxy) is 1. The fourth-order valence-electron chi connectivity index (χ4n) is 1.48. The molecule has 1 atom stereocenters. The Balaban J connectivity index is 2.75. The summed E-state index contributed by atoms with van der Waals surface area (Å²) in [5.74, 6) is 0.938. The number of nitrogens with two attached hydrogens (primary N) is 1. The van der Waals surface area contributed by atoms with Gasteiger partial charge in [-0.15, -0.1) is 0 Å². The molecule has 1 rings (SSSR count). The molecular weight excluding hydrogens is 174 g/mol. The minimum atomic E-state index is -0.181. The van der Waals surface area contributed by atoms with Crippen molar-refractivity contribution in [2.24, 2.45) is 5.73 Å². The summed E-state index contributed by atoms with van der Waals surface area (Å²) in [4.78, 5) is 0. The van der Waals surface area contributed by atoms with E-state index in [1.165, 1.54) is 0 Å². The number of aryl methyl sites for hydroxylation is 2. The lowest BCUT2D eigenvalue weighted by molar-refractivity contribution is 0.195. The van der Waals surface area contributed by atoms with Gasteiger partial charge in [0.1, 0.15) is 12.0 Å². The summed E-state index contributed by atoms with van der Waals surface area (Å²) >= 11 is 0. The van der Waals surface area contributed by atoms with Crippen molar-refractivity contribution in [3.63, 3.8) is 0 Å². The van der Waals surface area contributed by atoms with Crippen LogP contribution < -0.4 is 10.5 Å². The molecule has 0 amide bonds. The van der Waals surface area contributed by atoms with E-state index < -0.39 is 0 Å². The molecule has 14 heavy (non-hydrogen) atoms. The average molecular weight is 193 g/mol. The Hall–Kier alpha value is -1.02. The summed E-state index contributed by atoms with van der Waals surface area (Å²) in [7, 11) is 0. The zero-order valence-corrected chi connectivity index (χ0v) is 9.21. The van der Waals surface area contributed by atoms with Crippen LogP contribution in [0.5, 0.6) is 5.75 Å². The quantitative estimate of drug-likeness (QED) is 0.746. The Morgan fingerprint density at radius 2 is 1.86 bits per heavy atom. The second-order valence-corrected chi connectivity index (χ2v) is 3.67. The Morgan fingerprint density at radius 3 is 2.36 bits per heavy atom. The third-order valence-electron chi connectivity index (χ3n) is 2.25. The lowest BCUT2D eigenvalue weighted by Crippen LogP contribution is -2.27. The van der Waals surface area contributed by atoms with Crippen LogP contribution in [-0.4, -0.2) is 6.23 Å². The molecular formula is C12H19NO. The maximum Gasteiger partial charge on any atom is 0.147 e. The van der Waals surface area contributed by atoms with Gasteiger partial charge in [-0.2, -0.15) is 0 Å². The van der Waals surface area contributed by atoms with Crippen LogP contribution in [0.15, 0.2) is 18.2 Å². The average Bonchev–Trinajstić information content (AvgIpc) is 2.12. The van der Waals surface area contributed by atoms with Crippen molar-refractivity contribution in [2.45, 2.75) is 39.8 Å². The molecule has 0 bridgehead atoms. The van der Waals surface area contributed by atoms with Gasteiger partial charge in [-0.25, -0.2) is 0 Å². The summed E-state index contributed by atoms with van der Waals surface area (Å²) in [6, 6.07) is 6.12. The van der Waals surface area contributed by atoms with Gasteiger partial charge in [0.25, 0.3) is 0 Å². The SMILES string of the molecule is CCCC(N)Oc1c(C)cccc1C. The fourth-order valence-corrected chi connectivity index (χ4v) is 1.48. The molecule has 1 aromatic rings. The van der Waals surface area contributed by atoms with Crippen LogP contribution in [-0.2, 0) is 0 Å². The van der Waals surface area contributed by atoms with E-state index >= 15 is 0 Å². The smallest absolute Gasteiger partial charge is 0.147 e. The molecule has 0 aromatic heterocycles. The van der Waals surface area contributed by atoms with E-state index in [2.05, 4.69) is 6.92 Å². The maximum atomic E-state index is 5.83. The molecule has 0 saturated heterocycles. The second kappa shape index (κ2) is 5.01. The lowest BCUT2D eigenvalue weighted by atomic mass is 10.1. The van der Waals surface area contributed by atoms with Crippen molar-refractivity contribution in [2.75, 3.05) is 0 Å². The molecule has 0 fully saturated rings. The van der Waals surface area contributed by atoms with Gasteiger partial charge in [0, 0.05) is 0 Å². The van der Waals surface area contributed by atoms with Crippen molar-refractivity contribution in [1.29, 1.82) is 0 Å². The van der Waals surface area contributed by atoms with Crippen molar-refractivity contribution >= 4 is 0 Å². The molecule has 2 heteroatoms. The first-order valence-corrected chi connectivity index (χ1v) is 5.13. The third-order valence-corrected chi connectivity index (χ3v) is 2.25. The summed E-state index contributed by atoms with van der Waals surface area (Å²) in [5, 5.41) is 0. The molecule has 0 aliphatic carbocycles.